The molecule has 0 aliphatic heterocycles. The summed E-state index contributed by atoms with van der Waals surface area (Å²) in [5.41, 5.74) is 7.54. The van der Waals surface area contributed by atoms with Crippen LogP contribution in [0.4, 0.5) is 13.2 Å². The zero-order valence-corrected chi connectivity index (χ0v) is 17.1. The normalized spacial score (nSPS) is 13.9. The number of nitrogens with zero attached hydrogens (tertiary/aromatic N) is 4. The monoisotopic (exact) mass is 437 g/mol. The first-order valence-corrected chi connectivity index (χ1v) is 9.48. The number of fused-ring (bicyclic) bond motifs is 1. The summed E-state index contributed by atoms with van der Waals surface area (Å²) in [5.74, 6) is -0.687. The van der Waals surface area contributed by atoms with E-state index >= 15 is 0 Å². The molecular weight excluding hydrogens is 415 g/mol. The highest BCUT2D eigenvalue weighted by atomic mass is 19.4. The molecule has 0 saturated heterocycles. The lowest BCUT2D eigenvalue weighted by molar-refractivity contribution is -0.153. The highest BCUT2D eigenvalue weighted by Crippen LogP contribution is 2.29. The van der Waals surface area contributed by atoms with Gasteiger partial charge in [0, 0.05) is 12.6 Å². The van der Waals surface area contributed by atoms with E-state index in [2.05, 4.69) is 15.1 Å². The van der Waals surface area contributed by atoms with Gasteiger partial charge in [-0.3, -0.25) is 19.4 Å². The van der Waals surface area contributed by atoms with Crippen LogP contribution in [0.15, 0.2) is 24.5 Å². The molecule has 0 bridgehead atoms. The lowest BCUT2D eigenvalue weighted by Gasteiger charge is -2.18. The van der Waals surface area contributed by atoms with Crippen LogP contribution in [0, 0.1) is 6.92 Å². The van der Waals surface area contributed by atoms with Gasteiger partial charge >= 0.3 is 6.18 Å². The number of hydrogen-bond acceptors (Lipinski definition) is 6. The molecule has 166 valence electrons. The Bertz CT molecular complexity index is 1110. The lowest BCUT2D eigenvalue weighted by Crippen LogP contribution is -2.20. The highest BCUT2D eigenvalue weighted by Gasteiger charge is 2.29. The van der Waals surface area contributed by atoms with Gasteiger partial charge in [0.25, 0.3) is 5.91 Å². The summed E-state index contributed by atoms with van der Waals surface area (Å²) in [6.07, 6.45) is -2.35. The number of ether oxygens (including phenoxy) is 1. The summed E-state index contributed by atoms with van der Waals surface area (Å²) >= 11 is 0. The van der Waals surface area contributed by atoms with E-state index in [1.54, 1.807) is 37.6 Å². The number of alkyl halides is 3. The standard InChI is InChI=1S/C20H22F3N5O3/c1-10-6-14(26-8-16(10)31-9-20(21,22)23)12(3)28-15(7-11(2)29)17-13(27-28)4-5-25-18(17)19(24)30/h4-6,8,11-12,29H,7,9H2,1-3H3,(H2,24,30)/t11-,12?/m0/s1. The Morgan fingerprint density at radius 2 is 2.03 bits per heavy atom. The number of pyridine rings is 2. The van der Waals surface area contributed by atoms with Gasteiger partial charge < -0.3 is 15.6 Å². The summed E-state index contributed by atoms with van der Waals surface area (Å²) in [4.78, 5) is 20.2. The molecule has 11 heteroatoms. The molecule has 0 spiro atoms. The third kappa shape index (κ3) is 4.93. The zero-order chi connectivity index (χ0) is 22.9. The summed E-state index contributed by atoms with van der Waals surface area (Å²) in [5, 5.41) is 15.0. The first-order valence-electron chi connectivity index (χ1n) is 9.48. The third-order valence-corrected chi connectivity index (χ3v) is 4.70. The number of aliphatic hydroxyl groups is 1. The van der Waals surface area contributed by atoms with Gasteiger partial charge in [0.15, 0.2) is 6.61 Å². The topological polar surface area (TPSA) is 116 Å². The van der Waals surface area contributed by atoms with Crippen LogP contribution < -0.4 is 10.5 Å². The molecule has 1 unspecified atom stereocenters. The van der Waals surface area contributed by atoms with Crippen molar-refractivity contribution in [1.29, 1.82) is 0 Å². The maximum Gasteiger partial charge on any atom is 0.422 e. The Hall–Kier alpha value is -3.21. The molecule has 0 aliphatic rings. The molecule has 3 aromatic rings. The number of halogens is 3. The van der Waals surface area contributed by atoms with Gasteiger partial charge in [-0.1, -0.05) is 0 Å². The van der Waals surface area contributed by atoms with Crippen LogP contribution in [0.5, 0.6) is 5.75 Å². The van der Waals surface area contributed by atoms with Gasteiger partial charge in [-0.05, 0) is 38.5 Å². The van der Waals surface area contributed by atoms with Crippen molar-refractivity contribution in [2.45, 2.75) is 45.5 Å². The van der Waals surface area contributed by atoms with E-state index in [9.17, 15) is 23.1 Å². The fourth-order valence-electron chi connectivity index (χ4n) is 3.32. The summed E-state index contributed by atoms with van der Waals surface area (Å²) < 4.78 is 43.7. The maximum atomic E-state index is 12.4. The largest absolute Gasteiger partial charge is 0.482 e. The number of aliphatic hydroxyl groups excluding tert-OH is 1. The molecule has 0 aliphatic carbocycles. The predicted octanol–water partition coefficient (Wildman–Crippen LogP) is 2.71. The van der Waals surface area contributed by atoms with Crippen molar-refractivity contribution >= 4 is 16.8 Å². The van der Waals surface area contributed by atoms with E-state index in [1.165, 1.54) is 12.4 Å². The second-order valence-electron chi connectivity index (χ2n) is 7.32. The summed E-state index contributed by atoms with van der Waals surface area (Å²) in [6, 6.07) is 2.78. The van der Waals surface area contributed by atoms with Crippen molar-refractivity contribution in [2.75, 3.05) is 6.61 Å². The van der Waals surface area contributed by atoms with Gasteiger partial charge in [0.2, 0.25) is 0 Å². The van der Waals surface area contributed by atoms with E-state index < -0.39 is 30.8 Å². The predicted molar refractivity (Wildman–Crippen MR) is 106 cm³/mol. The highest BCUT2D eigenvalue weighted by molar-refractivity contribution is 6.04. The van der Waals surface area contributed by atoms with Crippen LogP contribution in [0.2, 0.25) is 0 Å². The quantitative estimate of drug-likeness (QED) is 0.587. The average molecular weight is 437 g/mol. The second kappa shape index (κ2) is 8.50. The Kier molecular flexibility index (Phi) is 6.16. The van der Waals surface area contributed by atoms with Crippen LogP contribution in [0.1, 0.15) is 47.3 Å². The SMILES string of the molecule is Cc1cc(C(C)n2nc3ccnc(C(N)=O)c3c2C[C@H](C)O)ncc1OCC(F)(F)F. The van der Waals surface area contributed by atoms with Gasteiger partial charge in [0.05, 0.1) is 40.6 Å². The number of amides is 1. The van der Waals surface area contributed by atoms with Crippen LogP contribution in [-0.2, 0) is 6.42 Å². The van der Waals surface area contributed by atoms with Crippen molar-refractivity contribution in [3.8, 4) is 5.75 Å². The number of nitrogens with two attached hydrogens (primary N) is 1. The molecule has 0 fully saturated rings. The molecule has 2 atom stereocenters. The minimum absolute atomic E-state index is 0.0309. The van der Waals surface area contributed by atoms with Crippen molar-refractivity contribution in [3.05, 3.63) is 47.2 Å². The Labute approximate surface area is 175 Å². The molecule has 1 amide bonds. The minimum atomic E-state index is -4.45. The first kappa shape index (κ1) is 22.5. The van der Waals surface area contributed by atoms with Crippen molar-refractivity contribution < 1.29 is 27.8 Å². The van der Waals surface area contributed by atoms with Crippen molar-refractivity contribution in [2.24, 2.45) is 5.73 Å². The van der Waals surface area contributed by atoms with Crippen LogP contribution in [0.25, 0.3) is 10.9 Å². The number of rotatable bonds is 7. The summed E-state index contributed by atoms with van der Waals surface area (Å²) in [7, 11) is 0. The number of aromatic nitrogens is 4. The molecule has 0 aromatic carbocycles. The average Bonchev–Trinajstić information content (AvgIpc) is 3.03. The van der Waals surface area contributed by atoms with Crippen molar-refractivity contribution in [1.82, 2.24) is 19.7 Å². The van der Waals surface area contributed by atoms with Crippen LogP contribution in [0.3, 0.4) is 0 Å². The minimum Gasteiger partial charge on any atom is -0.482 e. The second-order valence-corrected chi connectivity index (χ2v) is 7.32. The number of carbonyl (C=O) groups is 1. The van der Waals surface area contributed by atoms with E-state index in [-0.39, 0.29) is 17.9 Å². The third-order valence-electron chi connectivity index (χ3n) is 4.70. The van der Waals surface area contributed by atoms with Crippen LogP contribution >= 0.6 is 0 Å². The number of aryl methyl sites for hydroxylation is 1. The molecule has 3 aromatic heterocycles. The molecule has 3 heterocycles. The number of hydrogen-bond donors (Lipinski definition) is 2. The molecule has 8 nitrogen and oxygen atoms in total. The van der Waals surface area contributed by atoms with E-state index in [4.69, 9.17) is 10.5 Å². The van der Waals surface area contributed by atoms with Crippen LogP contribution in [-0.4, -0.2) is 49.6 Å². The van der Waals surface area contributed by atoms with Gasteiger partial charge in [-0.15, -0.1) is 0 Å². The smallest absolute Gasteiger partial charge is 0.422 e. The molecule has 3 N–H and O–H groups in total. The molecular formula is C20H22F3N5O3. The molecule has 31 heavy (non-hydrogen) atoms. The first-order chi connectivity index (χ1) is 14.5. The van der Waals surface area contributed by atoms with Gasteiger partial charge in [0.1, 0.15) is 11.4 Å². The molecule has 0 radical (unpaired) electrons. The fourth-order valence-corrected chi connectivity index (χ4v) is 3.32. The maximum absolute atomic E-state index is 12.4. The Morgan fingerprint density at radius 1 is 1.32 bits per heavy atom. The van der Waals surface area contributed by atoms with E-state index in [0.717, 1.165) is 0 Å². The van der Waals surface area contributed by atoms with Gasteiger partial charge in [-0.2, -0.15) is 18.3 Å². The number of primary amides is 1. The molecule has 3 rings (SSSR count). The zero-order valence-electron chi connectivity index (χ0n) is 17.1. The number of carbonyl (C=O) groups excluding carboxylic acids is 1. The van der Waals surface area contributed by atoms with E-state index in [0.29, 0.717) is 27.9 Å². The fraction of sp³-hybridized carbons (Fsp3) is 0.400. The lowest BCUT2D eigenvalue weighted by atomic mass is 10.1. The molecule has 0 saturated carbocycles. The van der Waals surface area contributed by atoms with Crippen molar-refractivity contribution in [3.63, 3.8) is 0 Å². The Balaban J connectivity index is 2.04. The van der Waals surface area contributed by atoms with Gasteiger partial charge in [-0.25, -0.2) is 0 Å². The Morgan fingerprint density at radius 3 is 2.61 bits per heavy atom. The summed E-state index contributed by atoms with van der Waals surface area (Å²) in [6.45, 7) is 3.61. The van der Waals surface area contributed by atoms with E-state index in [1.807, 2.05) is 0 Å².